The quantitative estimate of drug-likeness (QED) is 0.239. The number of benzene rings is 1. The summed E-state index contributed by atoms with van der Waals surface area (Å²) in [6, 6.07) is 8.85. The summed E-state index contributed by atoms with van der Waals surface area (Å²) in [6.07, 6.45) is 12.0. The molecule has 8 nitrogen and oxygen atoms in total. The van der Waals surface area contributed by atoms with Crippen LogP contribution in [-0.2, 0) is 24.0 Å². The number of aryl methyl sites for hydroxylation is 1. The molecule has 4 aromatic heterocycles. The Hall–Kier alpha value is -3.58. The highest BCUT2D eigenvalue weighted by molar-refractivity contribution is 7.13. The highest BCUT2D eigenvalue weighted by atomic mass is 32.1. The second-order valence-corrected chi connectivity index (χ2v) is 11.7. The third-order valence-electron chi connectivity index (χ3n) is 8.40. The second-order valence-electron chi connectivity index (χ2n) is 10.8. The van der Waals surface area contributed by atoms with Crippen LogP contribution in [0.2, 0.25) is 0 Å². The molecule has 39 heavy (non-hydrogen) atoms. The van der Waals surface area contributed by atoms with Crippen molar-refractivity contribution in [2.24, 2.45) is 7.05 Å². The molecule has 7 rings (SSSR count). The maximum atomic E-state index is 8.78. The van der Waals surface area contributed by atoms with Crippen LogP contribution in [0.1, 0.15) is 49.7 Å². The number of hydrogen-bond acceptors (Lipinski definition) is 7. The van der Waals surface area contributed by atoms with Crippen LogP contribution >= 0.6 is 11.3 Å². The molecule has 0 aliphatic carbocycles. The molecule has 0 unspecified atom stereocenters. The topological polar surface area (TPSA) is 95.7 Å². The first kappa shape index (κ1) is 24.5. The van der Waals surface area contributed by atoms with Crippen LogP contribution in [0.4, 0.5) is 0 Å². The minimum atomic E-state index is -0.322. The number of aromatic amines is 1. The maximum Gasteiger partial charge on any atom is 0.138 e. The van der Waals surface area contributed by atoms with Crippen LogP contribution in [0.15, 0.2) is 42.3 Å². The normalized spacial score (nSPS) is 19.0. The number of rotatable bonds is 8. The number of nitrogens with zero attached hydrogens (tertiary/aromatic N) is 6. The summed E-state index contributed by atoms with van der Waals surface area (Å²) in [4.78, 5) is 16.6. The van der Waals surface area contributed by atoms with E-state index in [1.165, 1.54) is 28.5 Å². The number of ether oxygens (including phenoxy) is 1. The summed E-state index contributed by atoms with van der Waals surface area (Å²) in [7, 11) is 1.98. The van der Waals surface area contributed by atoms with Gasteiger partial charge >= 0.3 is 0 Å². The summed E-state index contributed by atoms with van der Waals surface area (Å²) in [5.41, 5.74) is 9.45. The molecule has 1 aromatic carbocycles. The van der Waals surface area contributed by atoms with Gasteiger partial charge in [0.05, 0.1) is 40.5 Å². The molecule has 1 N–H and O–H groups in total. The minimum Gasteiger partial charge on any atom is -0.364 e. The molecule has 1 saturated heterocycles. The third kappa shape index (κ3) is 4.15. The van der Waals surface area contributed by atoms with E-state index in [0.717, 1.165) is 78.0 Å². The molecular weight excluding hydrogens is 506 g/mol. The molecule has 0 radical (unpaired) electrons. The van der Waals surface area contributed by atoms with Crippen molar-refractivity contribution in [3.8, 4) is 27.8 Å². The highest BCUT2D eigenvalue weighted by Crippen LogP contribution is 2.50. The van der Waals surface area contributed by atoms with Crippen molar-refractivity contribution in [1.82, 2.24) is 29.6 Å². The second kappa shape index (κ2) is 9.87. The molecule has 0 amide bonds. The van der Waals surface area contributed by atoms with Gasteiger partial charge in [-0.2, -0.15) is 10.4 Å². The lowest BCUT2D eigenvalue weighted by atomic mass is 9.87. The molecular formula is C30H31N7OS. The lowest BCUT2D eigenvalue weighted by molar-refractivity contribution is -0.0287. The summed E-state index contributed by atoms with van der Waals surface area (Å²) >= 11 is 1.64. The number of likely N-dealkylation sites (tertiary alicyclic amines) is 1. The van der Waals surface area contributed by atoms with Crippen molar-refractivity contribution in [3.63, 3.8) is 0 Å². The van der Waals surface area contributed by atoms with Crippen molar-refractivity contribution < 1.29 is 4.74 Å². The van der Waals surface area contributed by atoms with Gasteiger partial charge in [0.15, 0.2) is 0 Å². The zero-order chi connectivity index (χ0) is 26.4. The van der Waals surface area contributed by atoms with E-state index in [1.807, 2.05) is 35.8 Å². The molecule has 198 valence electrons. The number of fused-ring (bicyclic) bond motifs is 5. The number of thiazole rings is 1. The smallest absolute Gasteiger partial charge is 0.138 e. The average molecular weight is 538 g/mol. The number of aromatic nitrogens is 5. The lowest BCUT2D eigenvalue weighted by Gasteiger charge is -2.26. The number of H-pyrrole nitrogens is 1. The Balaban J connectivity index is 1.30. The number of nitriles is 1. The van der Waals surface area contributed by atoms with Crippen molar-refractivity contribution in [2.75, 3.05) is 19.6 Å². The van der Waals surface area contributed by atoms with Gasteiger partial charge in [-0.3, -0.25) is 14.6 Å². The minimum absolute atomic E-state index is 0.322. The van der Waals surface area contributed by atoms with E-state index in [-0.39, 0.29) is 5.60 Å². The van der Waals surface area contributed by atoms with Crippen LogP contribution in [0, 0.1) is 11.3 Å². The summed E-state index contributed by atoms with van der Waals surface area (Å²) in [5.74, 6) is 0. The number of pyridine rings is 1. The predicted octanol–water partition coefficient (Wildman–Crippen LogP) is 6.15. The highest BCUT2D eigenvalue weighted by Gasteiger charge is 2.47. The average Bonchev–Trinajstić information content (AvgIpc) is 3.77. The summed E-state index contributed by atoms with van der Waals surface area (Å²) in [5, 5.41) is 15.5. The van der Waals surface area contributed by atoms with E-state index < -0.39 is 0 Å². The van der Waals surface area contributed by atoms with Gasteiger partial charge in [-0.05, 0) is 43.5 Å². The van der Waals surface area contributed by atoms with Crippen molar-refractivity contribution in [1.29, 1.82) is 5.26 Å². The van der Waals surface area contributed by atoms with E-state index in [9.17, 15) is 0 Å². The Morgan fingerprint density at radius 1 is 1.18 bits per heavy atom. The molecule has 1 fully saturated rings. The number of nitrogens with one attached hydrogen (secondary N) is 1. The van der Waals surface area contributed by atoms with E-state index in [1.54, 1.807) is 11.3 Å². The van der Waals surface area contributed by atoms with Gasteiger partial charge in [-0.1, -0.05) is 18.9 Å². The molecule has 1 atom stereocenters. The van der Waals surface area contributed by atoms with Crippen molar-refractivity contribution in [2.45, 2.75) is 50.7 Å². The monoisotopic (exact) mass is 537 g/mol. The van der Waals surface area contributed by atoms with Gasteiger partial charge in [0.1, 0.15) is 11.2 Å². The Morgan fingerprint density at radius 2 is 2.10 bits per heavy atom. The number of hydrogen-bond donors (Lipinski definition) is 1. The van der Waals surface area contributed by atoms with Crippen LogP contribution in [-0.4, -0.2) is 49.3 Å². The van der Waals surface area contributed by atoms with Gasteiger partial charge in [-0.15, -0.1) is 11.3 Å². The third-order valence-corrected chi connectivity index (χ3v) is 9.19. The first-order valence-electron chi connectivity index (χ1n) is 13.8. The van der Waals surface area contributed by atoms with E-state index >= 15 is 0 Å². The van der Waals surface area contributed by atoms with Gasteiger partial charge in [0.25, 0.3) is 0 Å². The fraction of sp³-hybridized carbons (Fsp3) is 0.400. The fourth-order valence-electron chi connectivity index (χ4n) is 6.51. The molecule has 5 aromatic rings. The Morgan fingerprint density at radius 3 is 2.97 bits per heavy atom. The van der Waals surface area contributed by atoms with Gasteiger partial charge < -0.3 is 9.72 Å². The first-order chi connectivity index (χ1) is 19.2. The SMILES string of the molecule is Cn1ncc2cc(-c3c(-c4cncs4)[nH]c4ncc5c(c34)[C@]3(CCN(CCCCCCC#N)C3)OC5)ccc21. The lowest BCUT2D eigenvalue weighted by Crippen LogP contribution is -2.31. The Bertz CT molecular complexity index is 1700. The predicted molar refractivity (Wildman–Crippen MR) is 153 cm³/mol. The van der Waals surface area contributed by atoms with Crippen LogP contribution in [0.3, 0.4) is 0 Å². The standard InChI is InChI=1S/C30H31N7OS/c1-36-23-8-7-20(13-21(23)15-34-36)25-26-27-22(14-33-29(26)35-28(25)24-16-32-19-39-24)17-38-30(27)9-12-37(18-30)11-6-4-2-3-5-10-31/h7-8,13-16,19H,2-6,9,11-12,17-18H2,1H3,(H,33,35)/t30-/m1/s1. The van der Waals surface area contributed by atoms with Crippen LogP contribution in [0.5, 0.6) is 0 Å². The van der Waals surface area contributed by atoms with Gasteiger partial charge in [-0.25, -0.2) is 4.98 Å². The van der Waals surface area contributed by atoms with E-state index in [0.29, 0.717) is 13.0 Å². The molecule has 2 aliphatic heterocycles. The molecule has 1 spiro atoms. The van der Waals surface area contributed by atoms with Crippen molar-refractivity contribution >= 4 is 33.3 Å². The molecule has 0 saturated carbocycles. The van der Waals surface area contributed by atoms with Crippen LogP contribution < -0.4 is 0 Å². The van der Waals surface area contributed by atoms with E-state index in [2.05, 4.69) is 44.2 Å². The van der Waals surface area contributed by atoms with Crippen LogP contribution in [0.25, 0.3) is 43.6 Å². The molecule has 0 bridgehead atoms. The zero-order valence-electron chi connectivity index (χ0n) is 22.1. The number of unbranched alkanes of at least 4 members (excludes halogenated alkanes) is 4. The summed E-state index contributed by atoms with van der Waals surface area (Å²) < 4.78 is 8.59. The fourth-order valence-corrected chi connectivity index (χ4v) is 7.14. The molecule has 2 aliphatic rings. The molecule has 6 heterocycles. The van der Waals surface area contributed by atoms with Gasteiger partial charge in [0, 0.05) is 66.4 Å². The van der Waals surface area contributed by atoms with E-state index in [4.69, 9.17) is 15.0 Å². The van der Waals surface area contributed by atoms with Crippen molar-refractivity contribution in [3.05, 3.63) is 53.4 Å². The maximum absolute atomic E-state index is 8.78. The van der Waals surface area contributed by atoms with Gasteiger partial charge in [0.2, 0.25) is 0 Å². The molecule has 9 heteroatoms. The summed E-state index contributed by atoms with van der Waals surface area (Å²) in [6.45, 7) is 3.61. The largest absolute Gasteiger partial charge is 0.364 e. The Kier molecular flexibility index (Phi) is 6.19. The zero-order valence-corrected chi connectivity index (χ0v) is 22.9. The Labute approximate surface area is 231 Å². The first-order valence-corrected chi connectivity index (χ1v) is 14.6.